The molecule has 0 saturated heterocycles. The number of rotatable bonds is 5. The molecule has 0 saturated carbocycles. The van der Waals surface area contributed by atoms with Crippen molar-refractivity contribution in [3.8, 4) is 0 Å². The van der Waals surface area contributed by atoms with Crippen molar-refractivity contribution in [3.05, 3.63) is 35.4 Å². The maximum absolute atomic E-state index is 11.8. The van der Waals surface area contributed by atoms with E-state index < -0.39 is 0 Å². The van der Waals surface area contributed by atoms with E-state index in [1.165, 1.54) is 0 Å². The number of carbonyl (C=O) groups excluding carboxylic acids is 1. The molecule has 0 aromatic heterocycles. The van der Waals surface area contributed by atoms with E-state index in [4.69, 9.17) is 10.8 Å². The Balaban J connectivity index is 2.72. The highest BCUT2D eigenvalue weighted by molar-refractivity contribution is 5.94. The Morgan fingerprint density at radius 1 is 1.56 bits per heavy atom. The number of benzene rings is 1. The van der Waals surface area contributed by atoms with Gasteiger partial charge < -0.3 is 16.2 Å². The van der Waals surface area contributed by atoms with Gasteiger partial charge >= 0.3 is 0 Å². The molecule has 4 heteroatoms. The van der Waals surface area contributed by atoms with Crippen molar-refractivity contribution < 1.29 is 9.90 Å². The van der Waals surface area contributed by atoms with Gasteiger partial charge in [0.25, 0.3) is 5.91 Å². The van der Waals surface area contributed by atoms with E-state index in [9.17, 15) is 4.79 Å². The molecular weight excluding hydrogens is 204 g/mol. The highest BCUT2D eigenvalue weighted by Crippen LogP contribution is 2.05. The third kappa shape index (κ3) is 3.32. The molecule has 1 amide bonds. The minimum absolute atomic E-state index is 0.0428. The SMILES string of the molecule is CC[C@@H](CO)NC(=O)c1cccc(CN)c1. The van der Waals surface area contributed by atoms with Gasteiger partial charge in [-0.3, -0.25) is 4.79 Å². The summed E-state index contributed by atoms with van der Waals surface area (Å²) in [5.74, 6) is -0.170. The number of carbonyl (C=O) groups is 1. The van der Waals surface area contributed by atoms with Crippen LogP contribution in [0, 0.1) is 0 Å². The molecule has 0 fully saturated rings. The lowest BCUT2D eigenvalue weighted by atomic mass is 10.1. The predicted molar refractivity (Wildman–Crippen MR) is 63.0 cm³/mol. The van der Waals surface area contributed by atoms with Crippen molar-refractivity contribution in [1.82, 2.24) is 5.32 Å². The zero-order valence-electron chi connectivity index (χ0n) is 9.44. The third-order valence-electron chi connectivity index (χ3n) is 2.47. The third-order valence-corrected chi connectivity index (χ3v) is 2.47. The van der Waals surface area contributed by atoms with Crippen LogP contribution >= 0.6 is 0 Å². The van der Waals surface area contributed by atoms with Gasteiger partial charge in [0.1, 0.15) is 0 Å². The van der Waals surface area contributed by atoms with Crippen molar-refractivity contribution in [2.75, 3.05) is 6.61 Å². The second-order valence-electron chi connectivity index (χ2n) is 3.67. The van der Waals surface area contributed by atoms with Crippen molar-refractivity contribution in [2.45, 2.75) is 25.9 Å². The van der Waals surface area contributed by atoms with Crippen molar-refractivity contribution in [2.24, 2.45) is 5.73 Å². The average Bonchev–Trinajstić information content (AvgIpc) is 2.35. The van der Waals surface area contributed by atoms with Crippen LogP contribution in [0.4, 0.5) is 0 Å². The Labute approximate surface area is 95.5 Å². The first-order valence-corrected chi connectivity index (χ1v) is 5.42. The summed E-state index contributed by atoms with van der Waals surface area (Å²) >= 11 is 0. The highest BCUT2D eigenvalue weighted by Gasteiger charge is 2.11. The molecule has 1 aromatic rings. The number of amides is 1. The van der Waals surface area contributed by atoms with Gasteiger partial charge in [-0.05, 0) is 24.1 Å². The van der Waals surface area contributed by atoms with Crippen LogP contribution < -0.4 is 11.1 Å². The van der Waals surface area contributed by atoms with E-state index >= 15 is 0 Å². The Hall–Kier alpha value is -1.39. The van der Waals surface area contributed by atoms with Crippen molar-refractivity contribution >= 4 is 5.91 Å². The summed E-state index contributed by atoms with van der Waals surface area (Å²) in [4.78, 5) is 11.8. The molecule has 0 aliphatic rings. The van der Waals surface area contributed by atoms with E-state index in [2.05, 4.69) is 5.32 Å². The summed E-state index contributed by atoms with van der Waals surface area (Å²) in [7, 11) is 0. The fourth-order valence-corrected chi connectivity index (χ4v) is 1.39. The molecule has 1 aromatic carbocycles. The van der Waals surface area contributed by atoms with Crippen LogP contribution in [0.15, 0.2) is 24.3 Å². The fourth-order valence-electron chi connectivity index (χ4n) is 1.39. The molecule has 0 heterocycles. The van der Waals surface area contributed by atoms with Gasteiger partial charge in [-0.2, -0.15) is 0 Å². The summed E-state index contributed by atoms with van der Waals surface area (Å²) in [5, 5.41) is 11.7. The molecule has 16 heavy (non-hydrogen) atoms. The second kappa shape index (κ2) is 6.25. The minimum Gasteiger partial charge on any atom is -0.394 e. The van der Waals surface area contributed by atoms with Gasteiger partial charge in [-0.1, -0.05) is 19.1 Å². The number of hydrogen-bond acceptors (Lipinski definition) is 3. The summed E-state index contributed by atoms with van der Waals surface area (Å²) in [5.41, 5.74) is 7.00. The standard InChI is InChI=1S/C12H18N2O2/c1-2-11(8-15)14-12(16)10-5-3-4-9(6-10)7-13/h3-6,11,15H,2,7-8,13H2,1H3,(H,14,16)/t11-/m0/s1. The fraction of sp³-hybridized carbons (Fsp3) is 0.417. The zero-order valence-corrected chi connectivity index (χ0v) is 9.44. The van der Waals surface area contributed by atoms with Gasteiger partial charge in [0, 0.05) is 12.1 Å². The molecule has 4 N–H and O–H groups in total. The monoisotopic (exact) mass is 222 g/mol. The topological polar surface area (TPSA) is 75.3 Å². The van der Waals surface area contributed by atoms with E-state index in [0.29, 0.717) is 18.5 Å². The number of nitrogens with two attached hydrogens (primary N) is 1. The zero-order chi connectivity index (χ0) is 12.0. The minimum atomic E-state index is -0.186. The van der Waals surface area contributed by atoms with Crippen LogP contribution in [0.1, 0.15) is 29.3 Å². The van der Waals surface area contributed by atoms with Crippen LogP contribution in [0.5, 0.6) is 0 Å². The first-order chi connectivity index (χ1) is 7.71. The van der Waals surface area contributed by atoms with E-state index in [1.54, 1.807) is 18.2 Å². The Morgan fingerprint density at radius 3 is 2.88 bits per heavy atom. The van der Waals surface area contributed by atoms with Gasteiger partial charge in [0.05, 0.1) is 12.6 Å². The number of nitrogens with one attached hydrogen (secondary N) is 1. The quantitative estimate of drug-likeness (QED) is 0.684. The maximum Gasteiger partial charge on any atom is 0.251 e. The molecule has 1 atom stereocenters. The highest BCUT2D eigenvalue weighted by atomic mass is 16.3. The molecule has 0 spiro atoms. The van der Waals surface area contributed by atoms with E-state index in [1.807, 2.05) is 13.0 Å². The van der Waals surface area contributed by atoms with Crippen LogP contribution in [-0.4, -0.2) is 23.7 Å². The lowest BCUT2D eigenvalue weighted by Crippen LogP contribution is -2.36. The summed E-state index contributed by atoms with van der Waals surface area (Å²) < 4.78 is 0. The maximum atomic E-state index is 11.8. The smallest absolute Gasteiger partial charge is 0.251 e. The second-order valence-corrected chi connectivity index (χ2v) is 3.67. The number of aliphatic hydroxyl groups is 1. The lowest BCUT2D eigenvalue weighted by Gasteiger charge is -2.14. The van der Waals surface area contributed by atoms with Crippen LogP contribution in [0.25, 0.3) is 0 Å². The molecule has 0 bridgehead atoms. The first kappa shape index (κ1) is 12.7. The van der Waals surface area contributed by atoms with Gasteiger partial charge in [0.15, 0.2) is 0 Å². The van der Waals surface area contributed by atoms with Crippen molar-refractivity contribution in [1.29, 1.82) is 0 Å². The van der Waals surface area contributed by atoms with E-state index in [0.717, 1.165) is 5.56 Å². The largest absolute Gasteiger partial charge is 0.394 e. The molecule has 1 rings (SSSR count). The van der Waals surface area contributed by atoms with Crippen LogP contribution in [-0.2, 0) is 6.54 Å². The Kier molecular flexibility index (Phi) is 4.95. The van der Waals surface area contributed by atoms with Gasteiger partial charge in [-0.15, -0.1) is 0 Å². The molecule has 0 aliphatic heterocycles. The van der Waals surface area contributed by atoms with Gasteiger partial charge in [0.2, 0.25) is 0 Å². The first-order valence-electron chi connectivity index (χ1n) is 5.42. The molecular formula is C12H18N2O2. The summed E-state index contributed by atoms with van der Waals surface area (Å²) in [6.45, 7) is 2.29. The summed E-state index contributed by atoms with van der Waals surface area (Å²) in [6, 6.07) is 6.99. The predicted octanol–water partition coefficient (Wildman–Crippen LogP) is 0.646. The Bertz CT molecular complexity index is 349. The lowest BCUT2D eigenvalue weighted by molar-refractivity contribution is 0.0915. The molecule has 0 radical (unpaired) electrons. The molecule has 4 nitrogen and oxygen atoms in total. The van der Waals surface area contributed by atoms with Crippen molar-refractivity contribution in [3.63, 3.8) is 0 Å². The Morgan fingerprint density at radius 2 is 2.31 bits per heavy atom. The average molecular weight is 222 g/mol. The van der Waals surface area contributed by atoms with Crippen LogP contribution in [0.2, 0.25) is 0 Å². The van der Waals surface area contributed by atoms with Gasteiger partial charge in [-0.25, -0.2) is 0 Å². The summed E-state index contributed by atoms with van der Waals surface area (Å²) in [6.07, 6.45) is 0.707. The number of hydrogen-bond donors (Lipinski definition) is 3. The molecule has 88 valence electrons. The number of aliphatic hydroxyl groups excluding tert-OH is 1. The molecule has 0 unspecified atom stereocenters. The van der Waals surface area contributed by atoms with Crippen LogP contribution in [0.3, 0.4) is 0 Å². The van der Waals surface area contributed by atoms with E-state index in [-0.39, 0.29) is 18.6 Å². The normalized spacial score (nSPS) is 12.2. The molecule has 0 aliphatic carbocycles.